The minimum atomic E-state index is -4.12. The maximum absolute atomic E-state index is 13.7. The molecular weight excluding hydrogens is 502 g/mol. The van der Waals surface area contributed by atoms with Gasteiger partial charge in [0.05, 0.1) is 11.4 Å². The lowest BCUT2D eigenvalue weighted by Crippen LogP contribution is -2.37. The number of phenols is 1. The first-order valence-electron chi connectivity index (χ1n) is 11.0. The topological polar surface area (TPSA) is 128 Å². The number of carbonyl (C=O) groups excluding carboxylic acids is 2. The molecule has 0 radical (unpaired) electrons. The molecule has 0 aliphatic heterocycles. The number of halogens is 1. The third-order valence-corrected chi connectivity index (χ3v) is 7.58. The average Bonchev–Trinajstić information content (AvgIpc) is 3.20. The van der Waals surface area contributed by atoms with Crippen LogP contribution >= 0.6 is 11.6 Å². The van der Waals surface area contributed by atoms with E-state index in [0.717, 1.165) is 11.1 Å². The van der Waals surface area contributed by atoms with Crippen LogP contribution < -0.4 is 10.6 Å². The fourth-order valence-corrected chi connectivity index (χ4v) is 5.92. The number of hydrogen-bond acceptors (Lipinski definition) is 5. The summed E-state index contributed by atoms with van der Waals surface area (Å²) in [5.41, 5.74) is 2.44. The lowest BCUT2D eigenvalue weighted by molar-refractivity contribution is -0.120. The molecule has 3 aromatic carbocycles. The number of nitrogens with one attached hydrogen (secondary N) is 3. The lowest BCUT2D eigenvalue weighted by Gasteiger charge is -2.10. The number of aromatic hydroxyl groups is 1. The highest BCUT2D eigenvalue weighted by molar-refractivity contribution is 7.91. The van der Waals surface area contributed by atoms with Gasteiger partial charge in [-0.2, -0.15) is 0 Å². The Labute approximate surface area is 213 Å². The number of rotatable bonds is 7. The van der Waals surface area contributed by atoms with E-state index in [1.54, 1.807) is 50.2 Å². The van der Waals surface area contributed by atoms with E-state index in [1.807, 2.05) is 6.07 Å². The van der Waals surface area contributed by atoms with Gasteiger partial charge < -0.3 is 20.7 Å². The molecule has 186 valence electrons. The Morgan fingerprint density at radius 1 is 0.972 bits per heavy atom. The molecular formula is C26H24ClN3O5S. The number of aromatic amines is 1. The summed E-state index contributed by atoms with van der Waals surface area (Å²) in [4.78, 5) is 28.1. The highest BCUT2D eigenvalue weighted by atomic mass is 35.5. The fraction of sp³-hybridized carbons (Fsp3) is 0.154. The maximum atomic E-state index is 13.7. The number of benzene rings is 3. The number of carbonyl (C=O) groups is 2. The van der Waals surface area contributed by atoms with Gasteiger partial charge in [-0.3, -0.25) is 9.59 Å². The molecule has 2 amide bonds. The smallest absolute Gasteiger partial charge is 0.269 e. The molecule has 0 bridgehead atoms. The van der Waals surface area contributed by atoms with Crippen LogP contribution in [0.4, 0.5) is 0 Å². The number of H-pyrrole nitrogens is 1. The van der Waals surface area contributed by atoms with Crippen LogP contribution in [0.1, 0.15) is 27.2 Å². The highest BCUT2D eigenvalue weighted by Gasteiger charge is 2.30. The van der Waals surface area contributed by atoms with Crippen molar-refractivity contribution < 1.29 is 23.1 Å². The Morgan fingerprint density at radius 3 is 2.39 bits per heavy atom. The average molecular weight is 526 g/mol. The van der Waals surface area contributed by atoms with Crippen LogP contribution in [-0.2, 0) is 21.2 Å². The van der Waals surface area contributed by atoms with Crippen molar-refractivity contribution in [1.82, 2.24) is 15.6 Å². The lowest BCUT2D eigenvalue weighted by atomic mass is 10.2. The van der Waals surface area contributed by atoms with Gasteiger partial charge in [0.15, 0.2) is 0 Å². The molecule has 4 rings (SSSR count). The number of hydrogen-bond donors (Lipinski definition) is 4. The summed E-state index contributed by atoms with van der Waals surface area (Å²) in [6, 6.07) is 16.0. The van der Waals surface area contributed by atoms with E-state index in [2.05, 4.69) is 15.6 Å². The van der Waals surface area contributed by atoms with E-state index in [4.69, 9.17) is 11.6 Å². The molecule has 4 aromatic rings. The third-order valence-electron chi connectivity index (χ3n) is 5.52. The summed E-state index contributed by atoms with van der Waals surface area (Å²) < 4.78 is 27.5. The molecule has 0 saturated carbocycles. The summed E-state index contributed by atoms with van der Waals surface area (Å²) in [5.74, 6) is -1.16. The number of phenolic OH excluding ortho intramolecular Hbond substituents is 1. The van der Waals surface area contributed by atoms with Gasteiger partial charge in [0.1, 0.15) is 16.3 Å². The van der Waals surface area contributed by atoms with Crippen LogP contribution in [-0.4, -0.2) is 36.9 Å². The van der Waals surface area contributed by atoms with E-state index < -0.39 is 21.7 Å². The van der Waals surface area contributed by atoms with Gasteiger partial charge in [0.25, 0.3) is 5.91 Å². The molecule has 0 atom stereocenters. The van der Waals surface area contributed by atoms with Gasteiger partial charge in [-0.05, 0) is 73.0 Å². The number of sulfone groups is 1. The minimum Gasteiger partial charge on any atom is -0.508 e. The van der Waals surface area contributed by atoms with Crippen molar-refractivity contribution in [2.24, 2.45) is 0 Å². The molecule has 1 heterocycles. The van der Waals surface area contributed by atoms with Crippen molar-refractivity contribution in [3.05, 3.63) is 88.1 Å². The molecule has 36 heavy (non-hydrogen) atoms. The van der Waals surface area contributed by atoms with Gasteiger partial charge >= 0.3 is 0 Å². The standard InChI is InChI=1S/C26H24ClN3O5S/c1-15-8-16(2)10-20(9-15)36(34,35)25-21-12-18(27)6-7-22(21)30-24(25)26(33)29-14-23(32)28-13-17-4-3-5-19(31)11-17/h3-12,30-31H,13-14H2,1-2H3,(H,28,32)(H,29,33). The van der Waals surface area contributed by atoms with Crippen LogP contribution in [0, 0.1) is 13.8 Å². The minimum absolute atomic E-state index is 0.0544. The van der Waals surface area contributed by atoms with E-state index in [1.165, 1.54) is 18.2 Å². The molecule has 0 aliphatic carbocycles. The van der Waals surface area contributed by atoms with Gasteiger partial charge in [-0.25, -0.2) is 8.42 Å². The van der Waals surface area contributed by atoms with Crippen LogP contribution in [0.5, 0.6) is 5.75 Å². The number of amides is 2. The molecule has 4 N–H and O–H groups in total. The first-order valence-corrected chi connectivity index (χ1v) is 12.9. The molecule has 0 unspecified atom stereocenters. The van der Waals surface area contributed by atoms with Crippen molar-refractivity contribution in [2.75, 3.05) is 6.54 Å². The number of aromatic nitrogens is 1. The predicted octanol–water partition coefficient (Wildman–Crippen LogP) is 4.02. The number of aryl methyl sites for hydroxylation is 2. The van der Waals surface area contributed by atoms with Gasteiger partial charge in [-0.1, -0.05) is 29.8 Å². The third kappa shape index (κ3) is 5.37. The summed E-state index contributed by atoms with van der Waals surface area (Å²) in [5, 5.41) is 15.2. The van der Waals surface area contributed by atoms with Crippen LogP contribution in [0.25, 0.3) is 10.9 Å². The maximum Gasteiger partial charge on any atom is 0.269 e. The summed E-state index contributed by atoms with van der Waals surface area (Å²) in [7, 11) is -4.12. The molecule has 0 saturated heterocycles. The Bertz CT molecular complexity index is 1570. The zero-order chi connectivity index (χ0) is 26.0. The largest absolute Gasteiger partial charge is 0.508 e. The Balaban J connectivity index is 1.62. The second-order valence-corrected chi connectivity index (χ2v) is 10.8. The molecule has 1 aromatic heterocycles. The van der Waals surface area contributed by atoms with E-state index in [0.29, 0.717) is 16.1 Å². The molecule has 0 fully saturated rings. The second-order valence-electron chi connectivity index (χ2n) is 8.48. The monoisotopic (exact) mass is 525 g/mol. The van der Waals surface area contributed by atoms with Crippen LogP contribution in [0.15, 0.2) is 70.5 Å². The zero-order valence-corrected chi connectivity index (χ0v) is 21.1. The molecule has 10 heteroatoms. The van der Waals surface area contributed by atoms with Gasteiger partial charge in [-0.15, -0.1) is 0 Å². The normalized spacial score (nSPS) is 11.4. The van der Waals surface area contributed by atoms with Crippen molar-refractivity contribution >= 4 is 44.2 Å². The SMILES string of the molecule is Cc1cc(C)cc(S(=O)(=O)c2c(C(=O)NCC(=O)NCc3cccc(O)c3)[nH]c3ccc(Cl)cc23)c1. The first kappa shape index (κ1) is 25.3. The van der Waals surface area contributed by atoms with Gasteiger partial charge in [0.2, 0.25) is 15.7 Å². The summed E-state index contributed by atoms with van der Waals surface area (Å²) in [6.07, 6.45) is 0. The predicted molar refractivity (Wildman–Crippen MR) is 137 cm³/mol. The van der Waals surface area contributed by atoms with Crippen molar-refractivity contribution in [3.8, 4) is 5.75 Å². The first-order chi connectivity index (χ1) is 17.0. The van der Waals surface area contributed by atoms with Crippen molar-refractivity contribution in [1.29, 1.82) is 0 Å². The highest BCUT2D eigenvalue weighted by Crippen LogP contribution is 2.34. The Hall–Kier alpha value is -3.82. The Kier molecular flexibility index (Phi) is 7.05. The van der Waals surface area contributed by atoms with Crippen molar-refractivity contribution in [3.63, 3.8) is 0 Å². The van der Waals surface area contributed by atoms with Gasteiger partial charge in [0, 0.05) is 22.5 Å². The van der Waals surface area contributed by atoms with Crippen LogP contribution in [0.3, 0.4) is 0 Å². The zero-order valence-electron chi connectivity index (χ0n) is 19.6. The van der Waals surface area contributed by atoms with E-state index >= 15 is 0 Å². The second kappa shape index (κ2) is 10.0. The van der Waals surface area contributed by atoms with Crippen molar-refractivity contribution in [2.45, 2.75) is 30.2 Å². The van der Waals surface area contributed by atoms with E-state index in [-0.39, 0.29) is 39.7 Å². The molecule has 0 spiro atoms. The quantitative estimate of drug-likeness (QED) is 0.290. The van der Waals surface area contributed by atoms with E-state index in [9.17, 15) is 23.1 Å². The molecule has 0 aliphatic rings. The molecule has 8 nitrogen and oxygen atoms in total. The van der Waals surface area contributed by atoms with Crippen LogP contribution in [0.2, 0.25) is 5.02 Å². The summed E-state index contributed by atoms with van der Waals surface area (Å²) in [6.45, 7) is 3.36. The number of fused-ring (bicyclic) bond motifs is 1. The fourth-order valence-electron chi connectivity index (χ4n) is 3.96. The Morgan fingerprint density at radius 2 is 1.69 bits per heavy atom. The summed E-state index contributed by atoms with van der Waals surface area (Å²) >= 11 is 6.15.